The molecule has 0 heterocycles. The summed E-state index contributed by atoms with van der Waals surface area (Å²) in [6, 6.07) is 5.51. The topological polar surface area (TPSA) is 32.3 Å². The summed E-state index contributed by atoms with van der Waals surface area (Å²) in [4.78, 5) is 0. The molecule has 2 N–H and O–H groups in total. The van der Waals surface area contributed by atoms with Crippen LogP contribution in [0.1, 0.15) is 11.7 Å². The minimum Gasteiger partial charge on any atom is -0.387 e. The molecule has 0 bridgehead atoms. The van der Waals surface area contributed by atoms with Gasteiger partial charge in [-0.05, 0) is 29.0 Å². The Morgan fingerprint density at radius 3 is 2.92 bits per heavy atom. The molecule has 0 aromatic heterocycles. The molecule has 1 aromatic rings. The largest absolute Gasteiger partial charge is 0.387 e. The number of hydrogen-bond donors (Lipinski definition) is 2. The van der Waals surface area contributed by atoms with Crippen molar-refractivity contribution in [2.24, 2.45) is 0 Å². The van der Waals surface area contributed by atoms with E-state index < -0.39 is 6.10 Å². The molecule has 0 aliphatic rings. The Labute approximate surface area is 91.0 Å². The first-order valence-corrected chi connectivity index (χ1v) is 5.10. The summed E-state index contributed by atoms with van der Waals surface area (Å²) in [5.74, 6) is 0. The van der Waals surface area contributed by atoms with E-state index in [1.807, 2.05) is 18.2 Å². The van der Waals surface area contributed by atoms with Crippen molar-refractivity contribution in [2.75, 3.05) is 13.6 Å². The lowest BCUT2D eigenvalue weighted by molar-refractivity contribution is 0.178. The van der Waals surface area contributed by atoms with Crippen LogP contribution in [0.3, 0.4) is 0 Å². The van der Waals surface area contributed by atoms with Crippen molar-refractivity contribution in [3.63, 3.8) is 0 Å². The van der Waals surface area contributed by atoms with Crippen molar-refractivity contribution in [2.45, 2.75) is 6.10 Å². The van der Waals surface area contributed by atoms with Gasteiger partial charge in [-0.1, -0.05) is 23.7 Å². The van der Waals surface area contributed by atoms with Gasteiger partial charge in [0.15, 0.2) is 0 Å². The van der Waals surface area contributed by atoms with Crippen LogP contribution < -0.4 is 5.32 Å². The smallest absolute Gasteiger partial charge is 0.0929 e. The molecule has 4 heteroatoms. The molecule has 2 nitrogen and oxygen atoms in total. The molecule has 0 aliphatic carbocycles. The van der Waals surface area contributed by atoms with Crippen LogP contribution in [0.5, 0.6) is 0 Å². The molecule has 0 fully saturated rings. The molecule has 0 radical (unpaired) electrons. The highest BCUT2D eigenvalue weighted by molar-refractivity contribution is 9.10. The zero-order chi connectivity index (χ0) is 9.84. The first-order chi connectivity index (χ1) is 6.16. The average molecular weight is 265 g/mol. The van der Waals surface area contributed by atoms with E-state index >= 15 is 0 Å². The van der Waals surface area contributed by atoms with Gasteiger partial charge in [-0.15, -0.1) is 0 Å². The third kappa shape index (κ3) is 2.68. The molecule has 0 saturated carbocycles. The molecule has 0 amide bonds. The summed E-state index contributed by atoms with van der Waals surface area (Å²) < 4.78 is 0.807. The molecule has 1 rings (SSSR count). The Hall–Kier alpha value is -0.0900. The lowest BCUT2D eigenvalue weighted by atomic mass is 10.1. The van der Waals surface area contributed by atoms with Gasteiger partial charge < -0.3 is 10.4 Å². The lowest BCUT2D eigenvalue weighted by Crippen LogP contribution is -2.16. The number of aliphatic hydroxyl groups excluding tert-OH is 1. The van der Waals surface area contributed by atoms with Gasteiger partial charge in [0.1, 0.15) is 0 Å². The zero-order valence-electron chi connectivity index (χ0n) is 7.22. The third-order valence-electron chi connectivity index (χ3n) is 1.74. The second-order valence-corrected chi connectivity index (χ2v) is 3.95. The summed E-state index contributed by atoms with van der Waals surface area (Å²) in [5.41, 5.74) is 0.741. The van der Waals surface area contributed by atoms with Crippen LogP contribution in [0.4, 0.5) is 0 Å². The quantitative estimate of drug-likeness (QED) is 0.878. The fourth-order valence-corrected chi connectivity index (χ4v) is 1.71. The predicted molar refractivity (Wildman–Crippen MR) is 58.0 cm³/mol. The van der Waals surface area contributed by atoms with E-state index in [4.69, 9.17) is 11.6 Å². The molecule has 1 unspecified atom stereocenters. The Morgan fingerprint density at radius 1 is 1.62 bits per heavy atom. The highest BCUT2D eigenvalue weighted by Crippen LogP contribution is 2.29. The highest BCUT2D eigenvalue weighted by atomic mass is 79.9. The molecule has 0 spiro atoms. The number of benzene rings is 1. The Morgan fingerprint density at radius 2 is 2.31 bits per heavy atom. The number of nitrogens with one attached hydrogen (secondary N) is 1. The van der Waals surface area contributed by atoms with Crippen LogP contribution in [0.2, 0.25) is 5.02 Å². The minimum atomic E-state index is -0.560. The van der Waals surface area contributed by atoms with Gasteiger partial charge in [0.25, 0.3) is 0 Å². The maximum Gasteiger partial charge on any atom is 0.0929 e. The maximum atomic E-state index is 9.66. The number of rotatable bonds is 3. The van der Waals surface area contributed by atoms with E-state index in [-0.39, 0.29) is 0 Å². The molecule has 0 aliphatic heterocycles. The van der Waals surface area contributed by atoms with Crippen LogP contribution in [0, 0.1) is 0 Å². The van der Waals surface area contributed by atoms with Crippen molar-refractivity contribution >= 4 is 27.5 Å². The summed E-state index contributed by atoms with van der Waals surface area (Å²) in [6.07, 6.45) is -0.560. The number of hydrogen-bond acceptors (Lipinski definition) is 2. The first kappa shape index (κ1) is 11.0. The standard InChI is InChI=1S/C9H11BrClNO/c1-12-5-8(13)6-3-2-4-7(10)9(6)11/h2-4,8,12-13H,5H2,1H3. The van der Waals surface area contributed by atoms with Gasteiger partial charge in [0, 0.05) is 16.6 Å². The van der Waals surface area contributed by atoms with E-state index in [1.165, 1.54) is 0 Å². The van der Waals surface area contributed by atoms with E-state index in [0.717, 1.165) is 10.0 Å². The van der Waals surface area contributed by atoms with Gasteiger partial charge in [-0.25, -0.2) is 0 Å². The lowest BCUT2D eigenvalue weighted by Gasteiger charge is -2.12. The van der Waals surface area contributed by atoms with Crippen molar-refractivity contribution in [3.8, 4) is 0 Å². The van der Waals surface area contributed by atoms with E-state index in [9.17, 15) is 5.11 Å². The average Bonchev–Trinajstić information content (AvgIpc) is 2.10. The van der Waals surface area contributed by atoms with E-state index in [2.05, 4.69) is 21.2 Å². The number of likely N-dealkylation sites (N-methyl/N-ethyl adjacent to an activating group) is 1. The zero-order valence-corrected chi connectivity index (χ0v) is 9.56. The van der Waals surface area contributed by atoms with Crippen LogP contribution >= 0.6 is 27.5 Å². The second kappa shape index (κ2) is 4.96. The van der Waals surface area contributed by atoms with Crippen molar-refractivity contribution in [1.29, 1.82) is 0 Å². The van der Waals surface area contributed by atoms with Crippen LogP contribution in [-0.4, -0.2) is 18.7 Å². The normalized spacial score (nSPS) is 12.9. The summed E-state index contributed by atoms with van der Waals surface area (Å²) in [7, 11) is 1.79. The van der Waals surface area contributed by atoms with Gasteiger partial charge >= 0.3 is 0 Å². The molecule has 0 saturated heterocycles. The number of halogens is 2. The second-order valence-electron chi connectivity index (χ2n) is 2.72. The van der Waals surface area contributed by atoms with Gasteiger partial charge in [0.2, 0.25) is 0 Å². The molecular formula is C9H11BrClNO. The van der Waals surface area contributed by atoms with Gasteiger partial charge in [-0.2, -0.15) is 0 Å². The van der Waals surface area contributed by atoms with Crippen LogP contribution in [0.25, 0.3) is 0 Å². The molecule has 72 valence electrons. The van der Waals surface area contributed by atoms with E-state index in [1.54, 1.807) is 7.05 Å². The van der Waals surface area contributed by atoms with Gasteiger partial charge in [-0.3, -0.25) is 0 Å². The summed E-state index contributed by atoms with van der Waals surface area (Å²) >= 11 is 9.29. The fraction of sp³-hybridized carbons (Fsp3) is 0.333. The van der Waals surface area contributed by atoms with Gasteiger partial charge in [0.05, 0.1) is 11.1 Å². The Bertz CT molecular complexity index is 293. The summed E-state index contributed by atoms with van der Waals surface area (Å²) in [6.45, 7) is 0.496. The Kier molecular flexibility index (Phi) is 4.19. The first-order valence-electron chi connectivity index (χ1n) is 3.93. The predicted octanol–water partition coefficient (Wildman–Crippen LogP) is 2.36. The molecule has 13 heavy (non-hydrogen) atoms. The SMILES string of the molecule is CNCC(O)c1cccc(Br)c1Cl. The fourth-order valence-electron chi connectivity index (χ4n) is 1.08. The molecule has 1 atom stereocenters. The maximum absolute atomic E-state index is 9.66. The van der Waals surface area contributed by atoms with Crippen molar-refractivity contribution in [1.82, 2.24) is 5.32 Å². The molecule has 1 aromatic carbocycles. The van der Waals surface area contributed by atoms with Crippen molar-refractivity contribution < 1.29 is 5.11 Å². The number of aliphatic hydroxyl groups is 1. The minimum absolute atomic E-state index is 0.496. The Balaban J connectivity index is 2.93. The van der Waals surface area contributed by atoms with E-state index in [0.29, 0.717) is 11.6 Å². The molecular weight excluding hydrogens is 253 g/mol. The highest BCUT2D eigenvalue weighted by Gasteiger charge is 2.11. The van der Waals surface area contributed by atoms with Crippen LogP contribution in [-0.2, 0) is 0 Å². The third-order valence-corrected chi connectivity index (χ3v) is 3.05. The van der Waals surface area contributed by atoms with Crippen LogP contribution in [0.15, 0.2) is 22.7 Å². The van der Waals surface area contributed by atoms with Crippen molar-refractivity contribution in [3.05, 3.63) is 33.3 Å². The summed E-state index contributed by atoms with van der Waals surface area (Å²) in [5, 5.41) is 13.1. The monoisotopic (exact) mass is 263 g/mol.